The van der Waals surface area contributed by atoms with Gasteiger partial charge in [-0.3, -0.25) is 0 Å². The number of rotatable bonds is 1. The highest BCUT2D eigenvalue weighted by Crippen LogP contribution is 2.35. The molecule has 19 heavy (non-hydrogen) atoms. The van der Waals surface area contributed by atoms with E-state index in [9.17, 15) is 0 Å². The molecule has 1 heterocycles. The molecule has 1 aromatic carbocycles. The van der Waals surface area contributed by atoms with Gasteiger partial charge >= 0.3 is 0 Å². The Kier molecular flexibility index (Phi) is 4.07. The van der Waals surface area contributed by atoms with Crippen LogP contribution in [0.1, 0.15) is 45.6 Å². The molecule has 1 atom stereocenters. The normalized spacial score (nSPS) is 21.3. The van der Waals surface area contributed by atoms with Gasteiger partial charge in [0.2, 0.25) is 0 Å². The van der Waals surface area contributed by atoms with Gasteiger partial charge in [0.05, 0.1) is 0 Å². The molecule has 0 radical (unpaired) electrons. The van der Waals surface area contributed by atoms with Gasteiger partial charge in [0.15, 0.2) is 0 Å². The minimum absolute atomic E-state index is 0.438. The van der Waals surface area contributed by atoms with Crippen molar-refractivity contribution in [3.63, 3.8) is 0 Å². The van der Waals surface area contributed by atoms with E-state index in [-0.39, 0.29) is 0 Å². The first-order chi connectivity index (χ1) is 8.88. The number of benzene rings is 1. The predicted octanol–water partition coefficient (Wildman–Crippen LogP) is 4.23. The van der Waals surface area contributed by atoms with E-state index in [2.05, 4.69) is 44.7 Å². The van der Waals surface area contributed by atoms with Crippen LogP contribution >= 0.6 is 0 Å². The standard InChI is InChI=1S/C17H28N2/c1-13-12-15(7-8-16(13)18)19-10-5-6-14(9-11-19)17(2,3)4/h7-8,12,14H,5-6,9-11,18H2,1-4H3. The van der Waals surface area contributed by atoms with Gasteiger partial charge in [-0.2, -0.15) is 0 Å². The Morgan fingerprint density at radius 3 is 2.53 bits per heavy atom. The van der Waals surface area contributed by atoms with E-state index in [1.54, 1.807) is 0 Å². The Hall–Kier alpha value is -1.18. The van der Waals surface area contributed by atoms with Gasteiger partial charge in [-0.05, 0) is 61.3 Å². The molecular formula is C17H28N2. The predicted molar refractivity (Wildman–Crippen MR) is 84.6 cm³/mol. The van der Waals surface area contributed by atoms with Crippen LogP contribution in [0.4, 0.5) is 11.4 Å². The highest BCUT2D eigenvalue weighted by atomic mass is 15.1. The largest absolute Gasteiger partial charge is 0.399 e. The van der Waals surface area contributed by atoms with Crippen LogP contribution in [0.3, 0.4) is 0 Å². The van der Waals surface area contributed by atoms with E-state index in [0.717, 1.165) is 11.6 Å². The molecule has 1 fully saturated rings. The number of anilines is 2. The summed E-state index contributed by atoms with van der Waals surface area (Å²) < 4.78 is 0. The monoisotopic (exact) mass is 260 g/mol. The van der Waals surface area contributed by atoms with E-state index in [1.807, 2.05) is 6.07 Å². The summed E-state index contributed by atoms with van der Waals surface area (Å²) in [5.41, 5.74) is 9.77. The fourth-order valence-electron chi connectivity index (χ4n) is 3.08. The SMILES string of the molecule is Cc1cc(N2CCCC(C(C)(C)C)CC2)ccc1N. The van der Waals surface area contributed by atoms with Crippen LogP contribution in [0.15, 0.2) is 18.2 Å². The van der Waals surface area contributed by atoms with Gasteiger partial charge in [0.1, 0.15) is 0 Å². The number of hydrogen-bond acceptors (Lipinski definition) is 2. The second-order valence-electron chi connectivity index (χ2n) is 7.02. The van der Waals surface area contributed by atoms with E-state index in [1.165, 1.54) is 43.6 Å². The molecule has 0 saturated carbocycles. The van der Waals surface area contributed by atoms with E-state index < -0.39 is 0 Å². The van der Waals surface area contributed by atoms with Crippen molar-refractivity contribution < 1.29 is 0 Å². The molecule has 2 rings (SSSR count). The number of nitrogens with zero attached hydrogens (tertiary/aromatic N) is 1. The molecule has 0 amide bonds. The molecule has 1 saturated heterocycles. The van der Waals surface area contributed by atoms with Crippen LogP contribution in [0.25, 0.3) is 0 Å². The van der Waals surface area contributed by atoms with Gasteiger partial charge in [0.25, 0.3) is 0 Å². The molecule has 2 N–H and O–H groups in total. The third kappa shape index (κ3) is 3.43. The first-order valence-corrected chi connectivity index (χ1v) is 7.49. The summed E-state index contributed by atoms with van der Waals surface area (Å²) >= 11 is 0. The maximum absolute atomic E-state index is 5.91. The first kappa shape index (κ1) is 14.2. The summed E-state index contributed by atoms with van der Waals surface area (Å²) in [5.74, 6) is 0.840. The minimum atomic E-state index is 0.438. The minimum Gasteiger partial charge on any atom is -0.399 e. The summed E-state index contributed by atoms with van der Waals surface area (Å²) in [7, 11) is 0. The van der Waals surface area contributed by atoms with Crippen LogP contribution in [-0.4, -0.2) is 13.1 Å². The zero-order valence-electron chi connectivity index (χ0n) is 12.9. The van der Waals surface area contributed by atoms with Crippen molar-refractivity contribution in [3.8, 4) is 0 Å². The smallest absolute Gasteiger partial charge is 0.0370 e. The van der Waals surface area contributed by atoms with E-state index in [0.29, 0.717) is 5.41 Å². The third-order valence-corrected chi connectivity index (χ3v) is 4.57. The molecule has 0 aromatic heterocycles. The molecule has 0 spiro atoms. The molecule has 2 heteroatoms. The number of hydrogen-bond donors (Lipinski definition) is 1. The van der Waals surface area contributed by atoms with Crippen LogP contribution in [0.2, 0.25) is 0 Å². The van der Waals surface area contributed by atoms with Gasteiger partial charge in [-0.15, -0.1) is 0 Å². The number of nitrogens with two attached hydrogens (primary N) is 1. The zero-order valence-corrected chi connectivity index (χ0v) is 12.9. The Labute approximate surface area is 118 Å². The Morgan fingerprint density at radius 1 is 1.16 bits per heavy atom. The summed E-state index contributed by atoms with van der Waals surface area (Å²) in [6.45, 7) is 11.6. The average molecular weight is 260 g/mol. The summed E-state index contributed by atoms with van der Waals surface area (Å²) in [6.07, 6.45) is 3.95. The quantitative estimate of drug-likeness (QED) is 0.766. The Balaban J connectivity index is 2.08. The van der Waals surface area contributed by atoms with Crippen molar-refractivity contribution in [1.29, 1.82) is 0 Å². The molecular weight excluding hydrogens is 232 g/mol. The van der Waals surface area contributed by atoms with Crippen LogP contribution in [0.5, 0.6) is 0 Å². The number of nitrogen functional groups attached to an aromatic ring is 1. The van der Waals surface area contributed by atoms with E-state index in [4.69, 9.17) is 5.73 Å². The maximum Gasteiger partial charge on any atom is 0.0370 e. The molecule has 1 aliphatic rings. The lowest BCUT2D eigenvalue weighted by molar-refractivity contribution is 0.220. The van der Waals surface area contributed by atoms with Gasteiger partial charge in [-0.25, -0.2) is 0 Å². The van der Waals surface area contributed by atoms with Crippen molar-refractivity contribution >= 4 is 11.4 Å². The molecule has 106 valence electrons. The third-order valence-electron chi connectivity index (χ3n) is 4.57. The van der Waals surface area contributed by atoms with Crippen molar-refractivity contribution in [1.82, 2.24) is 0 Å². The van der Waals surface area contributed by atoms with Gasteiger partial charge in [0, 0.05) is 24.5 Å². The summed E-state index contributed by atoms with van der Waals surface area (Å²) in [4.78, 5) is 2.53. The van der Waals surface area contributed by atoms with Crippen molar-refractivity contribution in [3.05, 3.63) is 23.8 Å². The second-order valence-corrected chi connectivity index (χ2v) is 7.02. The Bertz CT molecular complexity index is 431. The highest BCUT2D eigenvalue weighted by molar-refractivity contribution is 5.58. The van der Waals surface area contributed by atoms with Crippen LogP contribution < -0.4 is 10.6 Å². The van der Waals surface area contributed by atoms with Crippen LogP contribution in [0, 0.1) is 18.3 Å². The molecule has 1 aromatic rings. The molecule has 0 aliphatic carbocycles. The lowest BCUT2D eigenvalue weighted by Gasteiger charge is -2.30. The average Bonchev–Trinajstić information content (AvgIpc) is 2.57. The maximum atomic E-state index is 5.91. The van der Waals surface area contributed by atoms with Crippen LogP contribution in [-0.2, 0) is 0 Å². The highest BCUT2D eigenvalue weighted by Gasteiger charge is 2.27. The van der Waals surface area contributed by atoms with Gasteiger partial charge in [-0.1, -0.05) is 20.8 Å². The Morgan fingerprint density at radius 2 is 1.89 bits per heavy atom. The zero-order chi connectivity index (χ0) is 14.0. The fourth-order valence-corrected chi connectivity index (χ4v) is 3.08. The lowest BCUT2D eigenvalue weighted by Crippen LogP contribution is -2.26. The molecule has 0 bridgehead atoms. The van der Waals surface area contributed by atoms with Crippen molar-refractivity contribution in [2.75, 3.05) is 23.7 Å². The molecule has 2 nitrogen and oxygen atoms in total. The van der Waals surface area contributed by atoms with Gasteiger partial charge < -0.3 is 10.6 Å². The fraction of sp³-hybridized carbons (Fsp3) is 0.647. The lowest BCUT2D eigenvalue weighted by atomic mass is 9.77. The summed E-state index contributed by atoms with van der Waals surface area (Å²) in [5, 5.41) is 0. The second kappa shape index (κ2) is 5.44. The molecule has 1 unspecified atom stereocenters. The molecule has 1 aliphatic heterocycles. The van der Waals surface area contributed by atoms with E-state index >= 15 is 0 Å². The summed E-state index contributed by atoms with van der Waals surface area (Å²) in [6, 6.07) is 6.43. The number of aryl methyl sites for hydroxylation is 1. The van der Waals surface area contributed by atoms with Crippen molar-refractivity contribution in [2.45, 2.75) is 47.0 Å². The van der Waals surface area contributed by atoms with Crippen molar-refractivity contribution in [2.24, 2.45) is 11.3 Å². The first-order valence-electron chi connectivity index (χ1n) is 7.49. The topological polar surface area (TPSA) is 29.3 Å².